The largest absolute Gasteiger partial charge is 0.295 e. The zero-order valence-corrected chi connectivity index (χ0v) is 35.6. The van der Waals surface area contributed by atoms with Crippen molar-refractivity contribution in [3.05, 3.63) is 254 Å². The second-order valence-corrected chi connectivity index (χ2v) is 16.7. The molecule has 0 N–H and O–H groups in total. The summed E-state index contributed by atoms with van der Waals surface area (Å²) in [5.74, 6) is 0.862. The number of fused-ring (bicyclic) bond motifs is 5. The summed E-state index contributed by atoms with van der Waals surface area (Å²) in [4.78, 5) is 7.26. The van der Waals surface area contributed by atoms with Crippen molar-refractivity contribution in [1.29, 1.82) is 0 Å². The summed E-state index contributed by atoms with van der Waals surface area (Å²) in [6.45, 7) is 0. The molecule has 0 amide bonds. The van der Waals surface area contributed by atoms with E-state index in [1.807, 2.05) is 6.20 Å². The average molecular weight is 827 g/mol. The second kappa shape index (κ2) is 16.3. The normalized spacial score (nSPS) is 11.6. The smallest absolute Gasteiger partial charge is 0.137 e. The average Bonchev–Trinajstić information content (AvgIpc) is 3.38. The Morgan fingerprint density at radius 3 is 1.57 bits per heavy atom. The summed E-state index contributed by atoms with van der Waals surface area (Å²) in [6.07, 6.45) is 6.37. The molecule has 12 rings (SSSR count). The Morgan fingerprint density at radius 1 is 0.323 bits per heavy atom. The van der Waals surface area contributed by atoms with Crippen LogP contribution in [0.4, 0.5) is 17.2 Å². The predicted molar refractivity (Wildman–Crippen MR) is 278 cm³/mol. The maximum Gasteiger partial charge on any atom is 0.137 e. The summed E-state index contributed by atoms with van der Waals surface area (Å²) in [6, 6.07) is 85.5. The minimum Gasteiger partial charge on any atom is -0.295 e. The molecule has 0 aliphatic heterocycles. The fourth-order valence-electron chi connectivity index (χ4n) is 9.83. The summed E-state index contributed by atoms with van der Waals surface area (Å²) in [7, 11) is 0. The molecule has 0 aliphatic rings. The van der Waals surface area contributed by atoms with Crippen LogP contribution in [0.15, 0.2) is 243 Å². The number of benzene rings is 11. The molecule has 0 aliphatic carbocycles. The highest BCUT2D eigenvalue weighted by Gasteiger charge is 2.21. The molecule has 0 atom stereocenters. The van der Waals surface area contributed by atoms with E-state index in [9.17, 15) is 0 Å². The maximum absolute atomic E-state index is 5.04. The first-order chi connectivity index (χ1) is 32.2. The minimum atomic E-state index is 0.862. The lowest BCUT2D eigenvalue weighted by Gasteiger charge is -2.24. The molecular weight excluding hydrogens is 785 g/mol. The van der Waals surface area contributed by atoms with Gasteiger partial charge in [0.1, 0.15) is 5.82 Å². The van der Waals surface area contributed by atoms with E-state index in [-0.39, 0.29) is 0 Å². The number of anilines is 3. The standard InChI is InChI=1S/C63H42N2/c1-3-17-44(18-4-1)49-39-48-21-9-10-25-53(48)60(41-49)63-57-29-15-13-27-55(57)62(56-28-14-16-30-58(56)63)59-37-35-46(52-24-11-12-26-54(52)59)33-31-43-32-38-61(64-42-43)65(50-22-5-2-6-23-50)51-36-34-45-19-7-8-20-47(45)40-51/h1-42H. The van der Waals surface area contributed by atoms with Gasteiger partial charge in [-0.15, -0.1) is 0 Å². The third-order valence-electron chi connectivity index (χ3n) is 12.9. The van der Waals surface area contributed by atoms with Gasteiger partial charge in [0.25, 0.3) is 0 Å². The summed E-state index contributed by atoms with van der Waals surface area (Å²) in [5.41, 5.74) is 11.7. The Kier molecular flexibility index (Phi) is 9.54. The van der Waals surface area contributed by atoms with Crippen molar-refractivity contribution in [3.8, 4) is 33.4 Å². The summed E-state index contributed by atoms with van der Waals surface area (Å²) < 4.78 is 0. The van der Waals surface area contributed by atoms with E-state index in [1.165, 1.54) is 87.2 Å². The minimum absolute atomic E-state index is 0.862. The van der Waals surface area contributed by atoms with E-state index >= 15 is 0 Å². The maximum atomic E-state index is 5.04. The van der Waals surface area contributed by atoms with Crippen molar-refractivity contribution in [2.45, 2.75) is 0 Å². The molecule has 65 heavy (non-hydrogen) atoms. The lowest BCUT2D eigenvalue weighted by atomic mass is 9.82. The molecule has 0 bridgehead atoms. The van der Waals surface area contributed by atoms with Crippen molar-refractivity contribution in [2.24, 2.45) is 0 Å². The number of aromatic nitrogens is 1. The summed E-state index contributed by atoms with van der Waals surface area (Å²) >= 11 is 0. The fraction of sp³-hybridized carbons (Fsp3) is 0. The van der Waals surface area contributed by atoms with Crippen LogP contribution in [0.2, 0.25) is 0 Å². The van der Waals surface area contributed by atoms with Gasteiger partial charge in [0.2, 0.25) is 0 Å². The van der Waals surface area contributed by atoms with Gasteiger partial charge in [-0.05, 0) is 147 Å². The first-order valence-corrected chi connectivity index (χ1v) is 22.3. The predicted octanol–water partition coefficient (Wildman–Crippen LogP) is 17.5. The lowest BCUT2D eigenvalue weighted by Crippen LogP contribution is -2.11. The van der Waals surface area contributed by atoms with Crippen LogP contribution in [0.1, 0.15) is 11.1 Å². The van der Waals surface area contributed by atoms with E-state index in [2.05, 4.69) is 254 Å². The van der Waals surface area contributed by atoms with Crippen LogP contribution in [-0.4, -0.2) is 4.98 Å². The molecule has 11 aromatic carbocycles. The molecular formula is C63H42N2. The van der Waals surface area contributed by atoms with Crippen LogP contribution in [-0.2, 0) is 0 Å². The fourth-order valence-corrected chi connectivity index (χ4v) is 9.83. The van der Waals surface area contributed by atoms with Crippen LogP contribution in [0.5, 0.6) is 0 Å². The Labute approximate surface area is 378 Å². The van der Waals surface area contributed by atoms with Crippen LogP contribution in [0, 0.1) is 0 Å². The molecule has 304 valence electrons. The zero-order valence-electron chi connectivity index (χ0n) is 35.6. The highest BCUT2D eigenvalue weighted by molar-refractivity contribution is 6.25. The van der Waals surface area contributed by atoms with Gasteiger partial charge in [-0.1, -0.05) is 200 Å². The van der Waals surface area contributed by atoms with Crippen LogP contribution < -0.4 is 4.90 Å². The molecule has 1 heterocycles. The number of pyridine rings is 1. The van der Waals surface area contributed by atoms with Gasteiger partial charge in [-0.3, -0.25) is 4.90 Å². The van der Waals surface area contributed by atoms with Crippen molar-refractivity contribution in [1.82, 2.24) is 4.98 Å². The number of hydrogen-bond donors (Lipinski definition) is 0. The number of hydrogen-bond acceptors (Lipinski definition) is 2. The Morgan fingerprint density at radius 2 is 0.892 bits per heavy atom. The highest BCUT2D eigenvalue weighted by atomic mass is 15.2. The van der Waals surface area contributed by atoms with Gasteiger partial charge in [0.05, 0.1) is 0 Å². The number of nitrogens with zero attached hydrogens (tertiary/aromatic N) is 2. The van der Waals surface area contributed by atoms with Crippen molar-refractivity contribution in [3.63, 3.8) is 0 Å². The van der Waals surface area contributed by atoms with Crippen LogP contribution in [0.25, 0.3) is 99.4 Å². The van der Waals surface area contributed by atoms with Crippen LogP contribution >= 0.6 is 0 Å². The van der Waals surface area contributed by atoms with Crippen molar-refractivity contribution in [2.75, 3.05) is 4.90 Å². The molecule has 0 radical (unpaired) electrons. The van der Waals surface area contributed by atoms with Gasteiger partial charge in [0.15, 0.2) is 0 Å². The molecule has 0 saturated carbocycles. The number of para-hydroxylation sites is 1. The van der Waals surface area contributed by atoms with Crippen molar-refractivity contribution < 1.29 is 0 Å². The third kappa shape index (κ3) is 6.89. The molecule has 0 saturated heterocycles. The van der Waals surface area contributed by atoms with E-state index in [4.69, 9.17) is 4.98 Å². The molecule has 2 heteroatoms. The lowest BCUT2D eigenvalue weighted by molar-refractivity contribution is 1.18. The van der Waals surface area contributed by atoms with E-state index in [1.54, 1.807) is 0 Å². The first kappa shape index (κ1) is 38.1. The SMILES string of the molecule is C(=Cc1ccc(-c2c3ccccc3c(-c3cc(-c4ccccc4)cc4ccccc34)c3ccccc23)c2ccccc12)c1ccc(N(c2ccccc2)c2ccc3ccccc3c2)nc1. The molecule has 1 aromatic heterocycles. The first-order valence-electron chi connectivity index (χ1n) is 22.3. The van der Waals surface area contributed by atoms with Crippen molar-refractivity contribution >= 4 is 83.2 Å². The molecule has 0 fully saturated rings. The summed E-state index contributed by atoms with van der Waals surface area (Å²) in [5, 5.41) is 12.3. The molecule has 2 nitrogen and oxygen atoms in total. The quantitative estimate of drug-likeness (QED) is 0.142. The van der Waals surface area contributed by atoms with Gasteiger partial charge in [-0.2, -0.15) is 0 Å². The van der Waals surface area contributed by atoms with E-state index in [0.29, 0.717) is 0 Å². The molecule has 12 aromatic rings. The third-order valence-corrected chi connectivity index (χ3v) is 12.9. The van der Waals surface area contributed by atoms with E-state index < -0.39 is 0 Å². The van der Waals surface area contributed by atoms with Gasteiger partial charge in [-0.25, -0.2) is 4.98 Å². The Bertz CT molecular complexity index is 3700. The Balaban J connectivity index is 0.957. The highest BCUT2D eigenvalue weighted by Crippen LogP contribution is 2.48. The Hall–Kier alpha value is -8.59. The monoisotopic (exact) mass is 826 g/mol. The van der Waals surface area contributed by atoms with Crippen LogP contribution in [0.3, 0.4) is 0 Å². The molecule has 0 spiro atoms. The topological polar surface area (TPSA) is 16.1 Å². The van der Waals surface area contributed by atoms with E-state index in [0.717, 1.165) is 28.3 Å². The second-order valence-electron chi connectivity index (χ2n) is 16.7. The van der Waals surface area contributed by atoms with Gasteiger partial charge in [0, 0.05) is 17.6 Å². The zero-order chi connectivity index (χ0) is 43.1. The molecule has 0 unspecified atom stereocenters. The van der Waals surface area contributed by atoms with Gasteiger partial charge >= 0.3 is 0 Å². The number of rotatable bonds is 8. The van der Waals surface area contributed by atoms with Gasteiger partial charge < -0.3 is 0 Å².